The van der Waals surface area contributed by atoms with Crippen LogP contribution in [-0.2, 0) is 12.4 Å². The highest BCUT2D eigenvalue weighted by atomic mass is 19.4. The van der Waals surface area contributed by atoms with Crippen LogP contribution in [0.3, 0.4) is 0 Å². The zero-order chi connectivity index (χ0) is 13.4. The van der Waals surface area contributed by atoms with E-state index in [1.807, 2.05) is 0 Å². The van der Waals surface area contributed by atoms with Crippen molar-refractivity contribution in [1.29, 1.82) is 0 Å². The molecule has 0 aliphatic heterocycles. The summed E-state index contributed by atoms with van der Waals surface area (Å²) in [5.41, 5.74) is -5.97. The van der Waals surface area contributed by atoms with Crippen LogP contribution in [0.4, 0.5) is 32.0 Å². The van der Waals surface area contributed by atoms with Crippen LogP contribution >= 0.6 is 0 Å². The molecule has 0 N–H and O–H groups in total. The van der Waals surface area contributed by atoms with Crippen LogP contribution in [0.25, 0.3) is 0 Å². The minimum Gasteiger partial charge on any atom is -0.258 e. The van der Waals surface area contributed by atoms with Crippen molar-refractivity contribution in [3.05, 3.63) is 39.4 Å². The molecule has 0 spiro atoms. The fraction of sp³-hybridized carbons (Fsp3) is 0.250. The Morgan fingerprint density at radius 3 is 1.88 bits per heavy atom. The van der Waals surface area contributed by atoms with Gasteiger partial charge in [0, 0.05) is 6.07 Å². The summed E-state index contributed by atoms with van der Waals surface area (Å²) in [6, 6.07) is 1.07. The average molecular weight is 259 g/mol. The molecule has 0 aliphatic rings. The molecule has 1 rings (SSSR count). The van der Waals surface area contributed by atoms with Gasteiger partial charge in [0.2, 0.25) is 0 Å². The summed E-state index contributed by atoms with van der Waals surface area (Å²) in [6.45, 7) is 0. The average Bonchev–Trinajstić information content (AvgIpc) is 2.13. The Morgan fingerprint density at radius 2 is 1.53 bits per heavy atom. The van der Waals surface area contributed by atoms with E-state index < -0.39 is 34.1 Å². The molecule has 0 amide bonds. The van der Waals surface area contributed by atoms with Gasteiger partial charge in [-0.25, -0.2) is 0 Å². The van der Waals surface area contributed by atoms with Gasteiger partial charge < -0.3 is 0 Å². The first-order valence-electron chi connectivity index (χ1n) is 3.97. The number of hydrogen-bond donors (Lipinski definition) is 0. The second-order valence-electron chi connectivity index (χ2n) is 2.95. The lowest BCUT2D eigenvalue weighted by Gasteiger charge is -2.14. The zero-order valence-electron chi connectivity index (χ0n) is 7.76. The molecule has 0 fully saturated rings. The summed E-state index contributed by atoms with van der Waals surface area (Å²) in [5, 5.41) is 10.3. The van der Waals surface area contributed by atoms with Crippen LogP contribution in [0.2, 0.25) is 0 Å². The Kier molecular flexibility index (Phi) is 3.04. The third-order valence-corrected chi connectivity index (χ3v) is 1.83. The number of nitrogens with zero attached hydrogens (tertiary/aromatic N) is 1. The highest BCUT2D eigenvalue weighted by Gasteiger charge is 2.47. The number of hydrogen-bond acceptors (Lipinski definition) is 2. The summed E-state index contributed by atoms with van der Waals surface area (Å²) in [4.78, 5) is 8.78. The molecule has 0 radical (unpaired) electrons. The van der Waals surface area contributed by atoms with E-state index in [1.165, 1.54) is 0 Å². The van der Waals surface area contributed by atoms with Crippen molar-refractivity contribution in [3.63, 3.8) is 0 Å². The highest BCUT2D eigenvalue weighted by molar-refractivity contribution is 5.48. The third-order valence-electron chi connectivity index (χ3n) is 1.83. The number of halogens is 6. The number of nitro groups is 1. The molecular formula is C8H3F6NO2. The summed E-state index contributed by atoms with van der Waals surface area (Å²) in [7, 11) is 0. The quantitative estimate of drug-likeness (QED) is 0.439. The van der Waals surface area contributed by atoms with E-state index >= 15 is 0 Å². The molecule has 0 atom stereocenters. The highest BCUT2D eigenvalue weighted by Crippen LogP contribution is 2.44. The molecule has 3 nitrogen and oxygen atoms in total. The Labute approximate surface area is 89.8 Å². The van der Waals surface area contributed by atoms with Gasteiger partial charge in [0.15, 0.2) is 0 Å². The van der Waals surface area contributed by atoms with Gasteiger partial charge in [-0.05, 0) is 6.07 Å². The molecule has 0 heterocycles. The molecule has 0 saturated heterocycles. The zero-order valence-corrected chi connectivity index (χ0v) is 7.76. The van der Waals surface area contributed by atoms with E-state index in [9.17, 15) is 36.5 Å². The van der Waals surface area contributed by atoms with E-state index in [0.29, 0.717) is 12.1 Å². The first kappa shape index (κ1) is 13.3. The maximum Gasteiger partial charge on any atom is 0.423 e. The molecule has 0 bridgehead atoms. The summed E-state index contributed by atoms with van der Waals surface area (Å²) in [6.07, 6.45) is -10.8. The van der Waals surface area contributed by atoms with Crippen LogP contribution in [0, 0.1) is 10.1 Å². The second kappa shape index (κ2) is 3.90. The van der Waals surface area contributed by atoms with Gasteiger partial charge in [-0.15, -0.1) is 0 Å². The van der Waals surface area contributed by atoms with Gasteiger partial charge in [-0.2, -0.15) is 26.3 Å². The van der Waals surface area contributed by atoms with Gasteiger partial charge >= 0.3 is 12.4 Å². The largest absolute Gasteiger partial charge is 0.423 e. The van der Waals surface area contributed by atoms with Crippen LogP contribution < -0.4 is 0 Å². The van der Waals surface area contributed by atoms with Crippen molar-refractivity contribution in [2.75, 3.05) is 0 Å². The van der Waals surface area contributed by atoms with Crippen LogP contribution in [0.5, 0.6) is 0 Å². The van der Waals surface area contributed by atoms with Gasteiger partial charge in [-0.1, -0.05) is 6.07 Å². The second-order valence-corrected chi connectivity index (χ2v) is 2.95. The normalized spacial score (nSPS) is 12.6. The van der Waals surface area contributed by atoms with Crippen molar-refractivity contribution in [2.24, 2.45) is 0 Å². The molecule has 17 heavy (non-hydrogen) atoms. The predicted molar refractivity (Wildman–Crippen MR) is 43.1 cm³/mol. The van der Waals surface area contributed by atoms with Gasteiger partial charge in [0.05, 0.1) is 10.5 Å². The molecular weight excluding hydrogens is 256 g/mol. The van der Waals surface area contributed by atoms with Crippen LogP contribution in [-0.4, -0.2) is 4.92 Å². The van der Waals surface area contributed by atoms with E-state index in [2.05, 4.69) is 0 Å². The lowest BCUT2D eigenvalue weighted by Crippen LogP contribution is -2.18. The Balaban J connectivity index is 3.64. The molecule has 0 aromatic heterocycles. The lowest BCUT2D eigenvalue weighted by molar-refractivity contribution is -0.388. The molecule has 1 aromatic rings. The maximum atomic E-state index is 12.4. The minimum absolute atomic E-state index is 0.149. The van der Waals surface area contributed by atoms with Gasteiger partial charge in [0.25, 0.3) is 5.69 Å². The fourth-order valence-corrected chi connectivity index (χ4v) is 1.23. The monoisotopic (exact) mass is 259 g/mol. The molecule has 0 unspecified atom stereocenters. The third kappa shape index (κ3) is 2.66. The van der Waals surface area contributed by atoms with Crippen molar-refractivity contribution in [2.45, 2.75) is 12.4 Å². The number of benzene rings is 1. The van der Waals surface area contributed by atoms with Crippen molar-refractivity contribution in [3.8, 4) is 0 Å². The van der Waals surface area contributed by atoms with Crippen molar-refractivity contribution in [1.82, 2.24) is 0 Å². The smallest absolute Gasteiger partial charge is 0.258 e. The molecule has 0 saturated carbocycles. The Morgan fingerprint density at radius 1 is 1.00 bits per heavy atom. The maximum absolute atomic E-state index is 12.4. The Bertz CT molecular complexity index is 450. The molecule has 9 heteroatoms. The van der Waals surface area contributed by atoms with Crippen LogP contribution in [0.15, 0.2) is 18.2 Å². The van der Waals surface area contributed by atoms with Crippen molar-refractivity contribution >= 4 is 5.69 Å². The standard InChI is InChI=1S/C8H3F6NO2/c9-7(10,11)4-2-1-3-5(15(16)17)6(4)8(12,13)14/h1-3H. The first-order chi connectivity index (χ1) is 7.55. The van der Waals surface area contributed by atoms with E-state index in [-0.39, 0.29) is 6.07 Å². The number of rotatable bonds is 1. The predicted octanol–water partition coefficient (Wildman–Crippen LogP) is 3.63. The number of alkyl halides is 6. The van der Waals surface area contributed by atoms with E-state index in [1.54, 1.807) is 0 Å². The first-order valence-corrected chi connectivity index (χ1v) is 3.97. The van der Waals surface area contributed by atoms with E-state index in [4.69, 9.17) is 0 Å². The summed E-state index contributed by atoms with van der Waals surface area (Å²) < 4.78 is 74.1. The van der Waals surface area contributed by atoms with Crippen molar-refractivity contribution < 1.29 is 31.3 Å². The van der Waals surface area contributed by atoms with Gasteiger partial charge in [-0.3, -0.25) is 10.1 Å². The Hall–Kier alpha value is -1.80. The van der Waals surface area contributed by atoms with E-state index in [0.717, 1.165) is 0 Å². The lowest BCUT2D eigenvalue weighted by atomic mass is 10.0. The summed E-state index contributed by atoms with van der Waals surface area (Å²) >= 11 is 0. The topological polar surface area (TPSA) is 43.1 Å². The minimum atomic E-state index is -5.45. The molecule has 1 aromatic carbocycles. The summed E-state index contributed by atoms with van der Waals surface area (Å²) in [5.74, 6) is 0. The molecule has 94 valence electrons. The number of nitro benzene ring substituents is 1. The van der Waals surface area contributed by atoms with Gasteiger partial charge in [0.1, 0.15) is 5.56 Å². The molecule has 0 aliphatic carbocycles. The fourth-order valence-electron chi connectivity index (χ4n) is 1.23. The SMILES string of the molecule is O=[N+]([O-])c1cccc(C(F)(F)F)c1C(F)(F)F. The van der Waals surface area contributed by atoms with Crippen LogP contribution in [0.1, 0.15) is 11.1 Å².